The molecule has 0 aromatic carbocycles. The summed E-state index contributed by atoms with van der Waals surface area (Å²) >= 11 is 1.54. The minimum atomic E-state index is -3.20. The Balaban J connectivity index is 1.62. The fourth-order valence-electron chi connectivity index (χ4n) is 3.56. The Morgan fingerprint density at radius 3 is 2.50 bits per heavy atom. The molecule has 8 heteroatoms. The molecule has 0 unspecified atom stereocenters. The van der Waals surface area contributed by atoms with Crippen LogP contribution in [0.1, 0.15) is 38.5 Å². The average molecular weight is 372 g/mol. The van der Waals surface area contributed by atoms with Crippen LogP contribution in [-0.4, -0.2) is 55.1 Å². The van der Waals surface area contributed by atoms with Gasteiger partial charge in [0.05, 0.1) is 11.9 Å². The number of likely N-dealkylation sites (tertiary alicyclic amines) is 1. The van der Waals surface area contributed by atoms with Crippen molar-refractivity contribution in [3.8, 4) is 0 Å². The lowest BCUT2D eigenvalue weighted by atomic mass is 9.91. The van der Waals surface area contributed by atoms with Crippen LogP contribution in [0.4, 0.5) is 10.5 Å². The van der Waals surface area contributed by atoms with Gasteiger partial charge in [0.2, 0.25) is 10.0 Å². The van der Waals surface area contributed by atoms with Gasteiger partial charge in [0, 0.05) is 30.6 Å². The number of sulfonamides is 1. The number of hydrogen-bond donors (Lipinski definition) is 1. The molecule has 1 aliphatic carbocycles. The molecule has 3 rings (SSSR count). The van der Waals surface area contributed by atoms with Crippen molar-refractivity contribution in [3.05, 3.63) is 16.8 Å². The summed E-state index contributed by atoms with van der Waals surface area (Å²) in [5.41, 5.74) is 0.818. The van der Waals surface area contributed by atoms with Crippen molar-refractivity contribution in [2.75, 3.05) is 24.7 Å². The van der Waals surface area contributed by atoms with Crippen LogP contribution >= 0.6 is 11.3 Å². The van der Waals surface area contributed by atoms with Gasteiger partial charge in [-0.2, -0.15) is 15.6 Å². The van der Waals surface area contributed by atoms with Crippen molar-refractivity contribution in [2.24, 2.45) is 0 Å². The summed E-state index contributed by atoms with van der Waals surface area (Å²) in [7, 11) is -3.20. The third-order valence-electron chi connectivity index (χ3n) is 4.93. The van der Waals surface area contributed by atoms with Crippen molar-refractivity contribution in [3.63, 3.8) is 0 Å². The van der Waals surface area contributed by atoms with Crippen molar-refractivity contribution in [1.82, 2.24) is 9.21 Å². The highest BCUT2D eigenvalue weighted by atomic mass is 32.2. The van der Waals surface area contributed by atoms with E-state index in [1.54, 1.807) is 20.5 Å². The van der Waals surface area contributed by atoms with Gasteiger partial charge >= 0.3 is 6.03 Å². The molecule has 134 valence electrons. The first-order valence-electron chi connectivity index (χ1n) is 8.52. The van der Waals surface area contributed by atoms with Crippen LogP contribution in [0.3, 0.4) is 0 Å². The van der Waals surface area contributed by atoms with Gasteiger partial charge in [-0.1, -0.05) is 6.42 Å². The zero-order valence-corrected chi connectivity index (χ0v) is 15.6. The van der Waals surface area contributed by atoms with E-state index in [4.69, 9.17) is 0 Å². The lowest BCUT2D eigenvalue weighted by Crippen LogP contribution is -2.50. The molecule has 1 aromatic heterocycles. The standard InChI is InChI=1S/C16H25N3O3S2/c1-24(21,22)19(14-4-2-5-14)15-6-3-9-18(10-7-15)16(20)17-13-8-11-23-12-13/h8,11-12,14-15H,2-7,9-10H2,1H3,(H,17,20)/t15-/m0/s1. The van der Waals surface area contributed by atoms with Crippen molar-refractivity contribution in [2.45, 2.75) is 50.6 Å². The summed E-state index contributed by atoms with van der Waals surface area (Å²) < 4.78 is 26.2. The topological polar surface area (TPSA) is 69.7 Å². The summed E-state index contributed by atoms with van der Waals surface area (Å²) in [6.07, 6.45) is 6.72. The number of anilines is 1. The first-order chi connectivity index (χ1) is 11.4. The second-order valence-corrected chi connectivity index (χ2v) is 9.36. The van der Waals surface area contributed by atoms with E-state index >= 15 is 0 Å². The predicted molar refractivity (Wildman–Crippen MR) is 96.9 cm³/mol. The summed E-state index contributed by atoms with van der Waals surface area (Å²) in [6.45, 7) is 1.27. The molecule has 0 bridgehead atoms. The molecule has 2 amide bonds. The van der Waals surface area contributed by atoms with E-state index in [1.165, 1.54) is 6.26 Å². The molecule has 0 spiro atoms. The highest BCUT2D eigenvalue weighted by molar-refractivity contribution is 7.88. The van der Waals surface area contributed by atoms with Gasteiger partial charge in [0.15, 0.2) is 0 Å². The van der Waals surface area contributed by atoms with E-state index in [0.29, 0.717) is 19.5 Å². The molecule has 2 aliphatic rings. The number of thiophene rings is 1. The number of hydrogen-bond acceptors (Lipinski definition) is 4. The number of urea groups is 1. The molecule has 1 atom stereocenters. The van der Waals surface area contributed by atoms with Crippen molar-refractivity contribution >= 4 is 33.1 Å². The Hall–Kier alpha value is -1.12. The molecule has 6 nitrogen and oxygen atoms in total. The molecule has 2 heterocycles. The lowest BCUT2D eigenvalue weighted by Gasteiger charge is -2.40. The van der Waals surface area contributed by atoms with Gasteiger partial charge in [-0.3, -0.25) is 0 Å². The van der Waals surface area contributed by atoms with Crippen LogP contribution in [0.2, 0.25) is 0 Å². The van der Waals surface area contributed by atoms with E-state index in [1.807, 2.05) is 16.8 Å². The molecule has 24 heavy (non-hydrogen) atoms. The summed E-state index contributed by atoms with van der Waals surface area (Å²) in [5, 5.41) is 6.73. The van der Waals surface area contributed by atoms with Crippen LogP contribution < -0.4 is 5.32 Å². The zero-order chi connectivity index (χ0) is 17.2. The van der Waals surface area contributed by atoms with Gasteiger partial charge in [0.25, 0.3) is 0 Å². The molecular weight excluding hydrogens is 346 g/mol. The average Bonchev–Trinajstić information content (AvgIpc) is 2.84. The zero-order valence-electron chi connectivity index (χ0n) is 14.0. The Labute approximate surface area is 147 Å². The minimum Gasteiger partial charge on any atom is -0.324 e. The number of nitrogens with one attached hydrogen (secondary N) is 1. The highest BCUT2D eigenvalue weighted by Gasteiger charge is 2.37. The van der Waals surface area contributed by atoms with E-state index < -0.39 is 10.0 Å². The predicted octanol–water partition coefficient (Wildman–Crippen LogP) is 2.95. The SMILES string of the molecule is CS(=O)(=O)N(C1CCC1)[C@H]1CCCN(C(=O)Nc2ccsc2)CC1. The van der Waals surface area contributed by atoms with Crippen LogP contribution in [0.15, 0.2) is 16.8 Å². The monoisotopic (exact) mass is 371 g/mol. The maximum Gasteiger partial charge on any atom is 0.321 e. The Morgan fingerprint density at radius 1 is 1.21 bits per heavy atom. The number of carbonyl (C=O) groups excluding carboxylic acids is 1. The van der Waals surface area contributed by atoms with Gasteiger partial charge < -0.3 is 10.2 Å². The smallest absolute Gasteiger partial charge is 0.321 e. The van der Waals surface area contributed by atoms with Crippen LogP contribution in [0.25, 0.3) is 0 Å². The van der Waals surface area contributed by atoms with Crippen molar-refractivity contribution in [1.29, 1.82) is 0 Å². The summed E-state index contributed by atoms with van der Waals surface area (Å²) in [6, 6.07) is 1.97. The largest absolute Gasteiger partial charge is 0.324 e. The van der Waals surface area contributed by atoms with E-state index in [0.717, 1.165) is 37.8 Å². The first kappa shape index (κ1) is 17.7. The van der Waals surface area contributed by atoms with Gasteiger partial charge in [-0.15, -0.1) is 0 Å². The fraction of sp³-hybridized carbons (Fsp3) is 0.688. The highest BCUT2D eigenvalue weighted by Crippen LogP contribution is 2.32. The minimum absolute atomic E-state index is 0.0178. The second-order valence-electron chi connectivity index (χ2n) is 6.69. The summed E-state index contributed by atoms with van der Waals surface area (Å²) in [5.74, 6) is 0. The summed E-state index contributed by atoms with van der Waals surface area (Å²) in [4.78, 5) is 14.2. The molecule has 1 saturated heterocycles. The van der Waals surface area contributed by atoms with Gasteiger partial charge in [0.1, 0.15) is 0 Å². The van der Waals surface area contributed by atoms with Crippen LogP contribution in [0.5, 0.6) is 0 Å². The first-order valence-corrected chi connectivity index (χ1v) is 11.3. The molecule has 1 aromatic rings. The lowest BCUT2D eigenvalue weighted by molar-refractivity contribution is 0.162. The normalized spacial score (nSPS) is 22.9. The van der Waals surface area contributed by atoms with E-state index in [-0.39, 0.29) is 18.1 Å². The van der Waals surface area contributed by atoms with E-state index in [9.17, 15) is 13.2 Å². The number of carbonyl (C=O) groups is 1. The Bertz CT molecular complexity index is 656. The number of rotatable bonds is 4. The van der Waals surface area contributed by atoms with E-state index in [2.05, 4.69) is 5.32 Å². The Morgan fingerprint density at radius 2 is 1.92 bits per heavy atom. The fourth-order valence-corrected chi connectivity index (χ4v) is 5.65. The maximum atomic E-state index is 12.4. The molecule has 1 saturated carbocycles. The van der Waals surface area contributed by atoms with Gasteiger partial charge in [-0.25, -0.2) is 13.2 Å². The van der Waals surface area contributed by atoms with Crippen LogP contribution in [-0.2, 0) is 10.0 Å². The third kappa shape index (κ3) is 4.10. The molecule has 1 aliphatic heterocycles. The molecular formula is C16H25N3O3S2. The second kappa shape index (κ2) is 7.41. The van der Waals surface area contributed by atoms with Crippen LogP contribution in [0, 0.1) is 0 Å². The maximum absolute atomic E-state index is 12.4. The van der Waals surface area contributed by atoms with Crippen molar-refractivity contribution < 1.29 is 13.2 Å². The third-order valence-corrected chi connectivity index (χ3v) is 6.98. The number of nitrogens with zero attached hydrogens (tertiary/aromatic N) is 2. The number of amides is 2. The van der Waals surface area contributed by atoms with Gasteiger partial charge in [-0.05, 0) is 43.6 Å². The molecule has 1 N–H and O–H groups in total. The molecule has 0 radical (unpaired) electrons. The quantitative estimate of drug-likeness (QED) is 0.885. The molecule has 2 fully saturated rings. The Kier molecular flexibility index (Phi) is 5.46.